The normalized spacial score (nSPS) is 15.2. The van der Waals surface area contributed by atoms with E-state index in [1.54, 1.807) is 7.11 Å². The van der Waals surface area contributed by atoms with Gasteiger partial charge in [-0.2, -0.15) is 5.26 Å². The van der Waals surface area contributed by atoms with Crippen molar-refractivity contribution in [1.29, 1.82) is 5.26 Å². The van der Waals surface area contributed by atoms with E-state index >= 15 is 0 Å². The maximum absolute atomic E-state index is 13.5. The van der Waals surface area contributed by atoms with Crippen molar-refractivity contribution in [3.05, 3.63) is 90.0 Å². The molecule has 168 valence electrons. The lowest BCUT2D eigenvalue weighted by molar-refractivity contribution is -0.121. The molecule has 0 saturated carbocycles. The van der Waals surface area contributed by atoms with Gasteiger partial charge < -0.3 is 15.0 Å². The van der Waals surface area contributed by atoms with E-state index in [0.29, 0.717) is 17.0 Å². The zero-order valence-electron chi connectivity index (χ0n) is 18.8. The number of hydrogen-bond acceptors (Lipinski definition) is 5. The number of carbonyl (C=O) groups is 1. The van der Waals surface area contributed by atoms with Gasteiger partial charge in [0.2, 0.25) is 5.91 Å². The minimum Gasteiger partial charge on any atom is -0.497 e. The van der Waals surface area contributed by atoms with Gasteiger partial charge in [0.1, 0.15) is 11.8 Å². The van der Waals surface area contributed by atoms with Crippen LogP contribution in [0.1, 0.15) is 23.6 Å². The van der Waals surface area contributed by atoms with E-state index in [1.165, 1.54) is 0 Å². The van der Waals surface area contributed by atoms with Crippen LogP contribution in [-0.2, 0) is 4.79 Å². The van der Waals surface area contributed by atoms with Crippen molar-refractivity contribution in [1.82, 2.24) is 4.90 Å². The topological polar surface area (TPSA) is 68.6 Å². The SMILES string of the molecule is COc1cccc(NC(=O)C(c2ccccc2)N2CCCN(c3ccc(C#N)cc3)CC2)c1. The maximum atomic E-state index is 13.5. The molecule has 0 bridgehead atoms. The maximum Gasteiger partial charge on any atom is 0.246 e. The number of carbonyl (C=O) groups excluding carboxylic acids is 1. The summed E-state index contributed by atoms with van der Waals surface area (Å²) in [5.74, 6) is 0.651. The average Bonchev–Trinajstić information content (AvgIpc) is 3.11. The Morgan fingerprint density at radius 3 is 2.48 bits per heavy atom. The predicted octanol–water partition coefficient (Wildman–Crippen LogP) is 4.46. The van der Waals surface area contributed by atoms with Gasteiger partial charge in [-0.25, -0.2) is 0 Å². The van der Waals surface area contributed by atoms with E-state index in [0.717, 1.165) is 43.9 Å². The summed E-state index contributed by atoms with van der Waals surface area (Å²) in [6.45, 7) is 3.28. The second-order valence-corrected chi connectivity index (χ2v) is 8.07. The van der Waals surface area contributed by atoms with E-state index in [2.05, 4.69) is 21.2 Å². The monoisotopic (exact) mass is 440 g/mol. The molecule has 1 saturated heterocycles. The highest BCUT2D eigenvalue weighted by Gasteiger charge is 2.29. The fourth-order valence-corrected chi connectivity index (χ4v) is 4.28. The van der Waals surface area contributed by atoms with Crippen LogP contribution >= 0.6 is 0 Å². The molecule has 1 N–H and O–H groups in total. The molecule has 33 heavy (non-hydrogen) atoms. The molecule has 1 aliphatic heterocycles. The summed E-state index contributed by atoms with van der Waals surface area (Å²) in [4.78, 5) is 18.1. The molecular formula is C27H28N4O2. The minimum atomic E-state index is -0.390. The smallest absolute Gasteiger partial charge is 0.246 e. The highest BCUT2D eigenvalue weighted by Crippen LogP contribution is 2.27. The number of ether oxygens (including phenoxy) is 1. The van der Waals surface area contributed by atoms with Gasteiger partial charge >= 0.3 is 0 Å². The molecule has 0 aliphatic carbocycles. The molecule has 6 nitrogen and oxygen atoms in total. The van der Waals surface area contributed by atoms with E-state index < -0.39 is 6.04 Å². The Morgan fingerprint density at radius 1 is 0.970 bits per heavy atom. The van der Waals surface area contributed by atoms with Crippen LogP contribution < -0.4 is 15.0 Å². The van der Waals surface area contributed by atoms with Gasteiger partial charge in [0.25, 0.3) is 0 Å². The number of amides is 1. The van der Waals surface area contributed by atoms with E-state index in [4.69, 9.17) is 10.00 Å². The lowest BCUT2D eigenvalue weighted by Crippen LogP contribution is -2.39. The number of rotatable bonds is 6. The van der Waals surface area contributed by atoms with Gasteiger partial charge in [0, 0.05) is 43.6 Å². The predicted molar refractivity (Wildman–Crippen MR) is 130 cm³/mol. The zero-order valence-corrected chi connectivity index (χ0v) is 18.8. The quantitative estimate of drug-likeness (QED) is 0.613. The van der Waals surface area contributed by atoms with Gasteiger partial charge in [0.05, 0.1) is 18.7 Å². The molecule has 0 spiro atoms. The summed E-state index contributed by atoms with van der Waals surface area (Å²) < 4.78 is 5.30. The van der Waals surface area contributed by atoms with Crippen molar-refractivity contribution in [3.63, 3.8) is 0 Å². The van der Waals surface area contributed by atoms with Crippen LogP contribution in [0.4, 0.5) is 11.4 Å². The Balaban J connectivity index is 1.53. The van der Waals surface area contributed by atoms with E-state index in [9.17, 15) is 4.79 Å². The number of anilines is 2. The molecule has 6 heteroatoms. The molecule has 3 aromatic rings. The van der Waals surface area contributed by atoms with Crippen molar-refractivity contribution < 1.29 is 9.53 Å². The molecule has 0 radical (unpaired) electrons. The second-order valence-electron chi connectivity index (χ2n) is 8.07. The Kier molecular flexibility index (Phi) is 7.23. The summed E-state index contributed by atoms with van der Waals surface area (Å²) >= 11 is 0. The van der Waals surface area contributed by atoms with Crippen LogP contribution in [-0.4, -0.2) is 44.1 Å². The van der Waals surface area contributed by atoms with Crippen molar-refractivity contribution >= 4 is 17.3 Å². The van der Waals surface area contributed by atoms with Gasteiger partial charge in [-0.1, -0.05) is 36.4 Å². The first-order chi connectivity index (χ1) is 16.2. The molecule has 4 rings (SSSR count). The summed E-state index contributed by atoms with van der Waals surface area (Å²) in [6, 6.07) is 26.9. The first-order valence-electron chi connectivity index (χ1n) is 11.2. The molecule has 1 unspecified atom stereocenters. The van der Waals surface area contributed by atoms with Crippen LogP contribution in [0.3, 0.4) is 0 Å². The van der Waals surface area contributed by atoms with Crippen molar-refractivity contribution in [3.8, 4) is 11.8 Å². The third-order valence-electron chi connectivity index (χ3n) is 5.96. The molecule has 1 heterocycles. The molecule has 1 atom stereocenters. The largest absolute Gasteiger partial charge is 0.497 e. The van der Waals surface area contributed by atoms with Crippen LogP contribution in [0.15, 0.2) is 78.9 Å². The highest BCUT2D eigenvalue weighted by atomic mass is 16.5. The van der Waals surface area contributed by atoms with Crippen LogP contribution in [0, 0.1) is 11.3 Å². The number of methoxy groups -OCH3 is 1. The van der Waals surface area contributed by atoms with Crippen molar-refractivity contribution in [2.45, 2.75) is 12.5 Å². The summed E-state index contributed by atoms with van der Waals surface area (Å²) in [5, 5.41) is 12.1. The Morgan fingerprint density at radius 2 is 1.76 bits per heavy atom. The van der Waals surface area contributed by atoms with Crippen molar-refractivity contribution in [2.75, 3.05) is 43.5 Å². The summed E-state index contributed by atoms with van der Waals surface area (Å²) in [7, 11) is 1.62. The first-order valence-corrected chi connectivity index (χ1v) is 11.2. The number of nitrogens with zero attached hydrogens (tertiary/aromatic N) is 3. The zero-order chi connectivity index (χ0) is 23.0. The highest BCUT2D eigenvalue weighted by molar-refractivity contribution is 5.95. The summed E-state index contributed by atoms with van der Waals surface area (Å²) in [5.41, 5.74) is 3.46. The Hall–Kier alpha value is -3.82. The molecule has 0 aromatic heterocycles. The first kappa shape index (κ1) is 22.4. The number of nitrogens with one attached hydrogen (secondary N) is 1. The lowest BCUT2D eigenvalue weighted by Gasteiger charge is -2.30. The van der Waals surface area contributed by atoms with Gasteiger partial charge in [0.15, 0.2) is 0 Å². The standard InChI is InChI=1S/C27H28N4O2/c1-33-25-10-5-9-23(19-25)29-27(32)26(22-7-3-2-4-8-22)31-16-6-15-30(17-18-31)24-13-11-21(20-28)12-14-24/h2-5,7-14,19,26H,6,15-18H2,1H3,(H,29,32). The third-order valence-corrected chi connectivity index (χ3v) is 5.96. The van der Waals surface area contributed by atoms with Crippen molar-refractivity contribution in [2.24, 2.45) is 0 Å². The van der Waals surface area contributed by atoms with E-state index in [1.807, 2.05) is 78.9 Å². The number of benzene rings is 3. The number of nitriles is 1. The Bertz CT molecular complexity index is 1110. The number of hydrogen-bond donors (Lipinski definition) is 1. The summed E-state index contributed by atoms with van der Waals surface area (Å²) in [6.07, 6.45) is 0.940. The molecule has 1 amide bonds. The third kappa shape index (κ3) is 5.51. The second kappa shape index (κ2) is 10.7. The van der Waals surface area contributed by atoms with E-state index in [-0.39, 0.29) is 5.91 Å². The fraction of sp³-hybridized carbons (Fsp3) is 0.259. The van der Waals surface area contributed by atoms with Crippen LogP contribution in [0.25, 0.3) is 0 Å². The Labute approximate surface area is 195 Å². The van der Waals surface area contributed by atoms with Crippen LogP contribution in [0.5, 0.6) is 5.75 Å². The fourth-order valence-electron chi connectivity index (χ4n) is 4.28. The lowest BCUT2D eigenvalue weighted by atomic mass is 10.0. The molecule has 3 aromatic carbocycles. The average molecular weight is 441 g/mol. The van der Waals surface area contributed by atoms with Gasteiger partial charge in [-0.15, -0.1) is 0 Å². The van der Waals surface area contributed by atoms with Crippen LogP contribution in [0.2, 0.25) is 0 Å². The molecule has 1 aliphatic rings. The van der Waals surface area contributed by atoms with Gasteiger partial charge in [-0.3, -0.25) is 9.69 Å². The molecular weight excluding hydrogens is 412 g/mol. The minimum absolute atomic E-state index is 0.0544. The van der Waals surface area contributed by atoms with Gasteiger partial charge in [-0.05, 0) is 48.4 Å². The molecule has 1 fully saturated rings.